The van der Waals surface area contributed by atoms with Gasteiger partial charge in [-0.15, -0.1) is 0 Å². The summed E-state index contributed by atoms with van der Waals surface area (Å²) in [6.45, 7) is 4.17. The second-order valence-corrected chi connectivity index (χ2v) is 2.76. The Morgan fingerprint density at radius 3 is 2.58 bits per heavy atom. The molecule has 12 heavy (non-hydrogen) atoms. The number of oxime groups is 1. The lowest BCUT2D eigenvalue weighted by molar-refractivity contribution is 0.215. The summed E-state index contributed by atoms with van der Waals surface area (Å²) in [7, 11) is 1.54. The highest BCUT2D eigenvalue weighted by Gasteiger charge is 1.92. The van der Waals surface area contributed by atoms with Gasteiger partial charge in [0.15, 0.2) is 0 Å². The van der Waals surface area contributed by atoms with E-state index in [4.69, 9.17) is 0 Å². The highest BCUT2D eigenvalue weighted by molar-refractivity contribution is 5.79. The molecule has 0 aliphatic carbocycles. The molecular formula is C10H13NO. The van der Waals surface area contributed by atoms with Gasteiger partial charge in [-0.3, -0.25) is 0 Å². The average Bonchev–Trinajstić information content (AvgIpc) is 2.07. The van der Waals surface area contributed by atoms with Gasteiger partial charge in [-0.2, -0.15) is 0 Å². The van der Waals surface area contributed by atoms with Crippen molar-refractivity contribution in [3.05, 3.63) is 34.9 Å². The van der Waals surface area contributed by atoms with Crippen LogP contribution in [0.15, 0.2) is 23.4 Å². The van der Waals surface area contributed by atoms with E-state index in [2.05, 4.69) is 36.0 Å². The fraction of sp³-hybridized carbons (Fsp3) is 0.300. The van der Waals surface area contributed by atoms with E-state index >= 15 is 0 Å². The zero-order valence-corrected chi connectivity index (χ0v) is 7.66. The van der Waals surface area contributed by atoms with Crippen LogP contribution >= 0.6 is 0 Å². The molecule has 0 aliphatic rings. The molecule has 64 valence electrons. The monoisotopic (exact) mass is 163 g/mol. The Morgan fingerprint density at radius 2 is 2.00 bits per heavy atom. The summed E-state index contributed by atoms with van der Waals surface area (Å²) in [5, 5.41) is 3.69. The zero-order chi connectivity index (χ0) is 8.97. The third-order valence-corrected chi connectivity index (χ3v) is 1.84. The molecule has 0 radical (unpaired) electrons. The Kier molecular flexibility index (Phi) is 2.86. The first-order valence-corrected chi connectivity index (χ1v) is 3.88. The first-order valence-electron chi connectivity index (χ1n) is 3.88. The van der Waals surface area contributed by atoms with E-state index in [0.717, 1.165) is 5.56 Å². The Balaban J connectivity index is 2.89. The summed E-state index contributed by atoms with van der Waals surface area (Å²) >= 11 is 0. The fourth-order valence-corrected chi connectivity index (χ4v) is 0.958. The summed E-state index contributed by atoms with van der Waals surface area (Å²) in [5.41, 5.74) is 3.64. The second-order valence-electron chi connectivity index (χ2n) is 2.76. The van der Waals surface area contributed by atoms with Crippen LogP contribution in [-0.4, -0.2) is 13.3 Å². The minimum absolute atomic E-state index is 1.07. The third kappa shape index (κ3) is 2.09. The van der Waals surface area contributed by atoms with E-state index in [1.165, 1.54) is 18.2 Å². The maximum absolute atomic E-state index is 4.59. The molecule has 2 nitrogen and oxygen atoms in total. The predicted molar refractivity (Wildman–Crippen MR) is 50.5 cm³/mol. The molecule has 0 N–H and O–H groups in total. The van der Waals surface area contributed by atoms with E-state index in [1.807, 2.05) is 6.07 Å². The Hall–Kier alpha value is -1.31. The van der Waals surface area contributed by atoms with Crippen molar-refractivity contribution in [1.82, 2.24) is 0 Å². The van der Waals surface area contributed by atoms with Gasteiger partial charge in [0.25, 0.3) is 0 Å². The lowest BCUT2D eigenvalue weighted by Gasteiger charge is -1.99. The van der Waals surface area contributed by atoms with Crippen molar-refractivity contribution < 1.29 is 4.84 Å². The van der Waals surface area contributed by atoms with Gasteiger partial charge < -0.3 is 4.84 Å². The first kappa shape index (κ1) is 8.78. The highest BCUT2D eigenvalue weighted by Crippen LogP contribution is 2.07. The van der Waals surface area contributed by atoms with E-state index in [0.29, 0.717) is 0 Å². The van der Waals surface area contributed by atoms with Crippen LogP contribution < -0.4 is 0 Å². The molecule has 0 saturated heterocycles. The predicted octanol–water partition coefficient (Wildman–Crippen LogP) is 2.28. The number of hydrogen-bond acceptors (Lipinski definition) is 2. The molecule has 1 aromatic rings. The minimum atomic E-state index is 1.07. The topological polar surface area (TPSA) is 21.6 Å². The lowest BCUT2D eigenvalue weighted by atomic mass is 10.1. The van der Waals surface area contributed by atoms with Crippen LogP contribution in [0.1, 0.15) is 16.7 Å². The van der Waals surface area contributed by atoms with Crippen molar-refractivity contribution in [3.63, 3.8) is 0 Å². The molecule has 0 bridgehead atoms. The fourth-order valence-electron chi connectivity index (χ4n) is 0.958. The van der Waals surface area contributed by atoms with Crippen LogP contribution in [0.2, 0.25) is 0 Å². The number of hydrogen-bond donors (Lipinski definition) is 0. The largest absolute Gasteiger partial charge is 0.399 e. The molecule has 0 unspecified atom stereocenters. The Bertz CT molecular complexity index is 292. The van der Waals surface area contributed by atoms with E-state index in [9.17, 15) is 0 Å². The number of rotatable bonds is 2. The van der Waals surface area contributed by atoms with Crippen LogP contribution in [0.25, 0.3) is 0 Å². The van der Waals surface area contributed by atoms with Gasteiger partial charge in [0.2, 0.25) is 0 Å². The summed E-state index contributed by atoms with van der Waals surface area (Å²) < 4.78 is 0. The van der Waals surface area contributed by atoms with Crippen LogP contribution in [0, 0.1) is 13.8 Å². The third-order valence-electron chi connectivity index (χ3n) is 1.84. The second kappa shape index (κ2) is 3.90. The minimum Gasteiger partial charge on any atom is -0.399 e. The van der Waals surface area contributed by atoms with Gasteiger partial charge in [-0.1, -0.05) is 23.4 Å². The van der Waals surface area contributed by atoms with E-state index in [1.54, 1.807) is 6.21 Å². The standard InChI is InChI=1S/C10H13NO/c1-8-4-5-10(6-9(8)2)7-11-12-3/h4-7H,1-3H3. The van der Waals surface area contributed by atoms with Crippen molar-refractivity contribution in [2.24, 2.45) is 5.16 Å². The van der Waals surface area contributed by atoms with Crippen LogP contribution in [0.3, 0.4) is 0 Å². The molecule has 0 aliphatic heterocycles. The summed E-state index contributed by atoms with van der Waals surface area (Å²) in [4.78, 5) is 4.59. The van der Waals surface area contributed by atoms with Crippen LogP contribution in [-0.2, 0) is 4.84 Å². The summed E-state index contributed by atoms with van der Waals surface area (Å²) in [6, 6.07) is 6.18. The maximum atomic E-state index is 4.59. The summed E-state index contributed by atoms with van der Waals surface area (Å²) in [5.74, 6) is 0. The van der Waals surface area contributed by atoms with Gasteiger partial charge in [0, 0.05) is 0 Å². The zero-order valence-electron chi connectivity index (χ0n) is 7.66. The smallest absolute Gasteiger partial charge is 0.106 e. The van der Waals surface area contributed by atoms with Crippen molar-refractivity contribution in [2.45, 2.75) is 13.8 Å². The molecule has 1 aromatic carbocycles. The van der Waals surface area contributed by atoms with Gasteiger partial charge in [-0.05, 0) is 30.5 Å². The van der Waals surface area contributed by atoms with Gasteiger partial charge in [0.05, 0.1) is 6.21 Å². The molecule has 0 amide bonds. The molecule has 2 heteroatoms. The quantitative estimate of drug-likeness (QED) is 0.484. The first-order chi connectivity index (χ1) is 5.74. The number of nitrogens with zero attached hydrogens (tertiary/aromatic N) is 1. The molecule has 0 saturated carbocycles. The SMILES string of the molecule is CON=Cc1ccc(C)c(C)c1. The normalized spacial score (nSPS) is 10.6. The van der Waals surface area contributed by atoms with Crippen molar-refractivity contribution in [3.8, 4) is 0 Å². The molecule has 0 heterocycles. The lowest BCUT2D eigenvalue weighted by Crippen LogP contribution is -1.86. The molecule has 1 rings (SSSR count). The highest BCUT2D eigenvalue weighted by atomic mass is 16.6. The molecule has 0 atom stereocenters. The van der Waals surface area contributed by atoms with E-state index < -0.39 is 0 Å². The maximum Gasteiger partial charge on any atom is 0.106 e. The Labute approximate surface area is 72.9 Å². The molecule has 0 fully saturated rings. The molecule has 0 spiro atoms. The summed E-state index contributed by atoms with van der Waals surface area (Å²) in [6.07, 6.45) is 1.70. The van der Waals surface area contributed by atoms with Crippen molar-refractivity contribution in [2.75, 3.05) is 7.11 Å². The van der Waals surface area contributed by atoms with Gasteiger partial charge >= 0.3 is 0 Å². The van der Waals surface area contributed by atoms with Crippen LogP contribution in [0.4, 0.5) is 0 Å². The van der Waals surface area contributed by atoms with Gasteiger partial charge in [-0.25, -0.2) is 0 Å². The van der Waals surface area contributed by atoms with Crippen molar-refractivity contribution >= 4 is 6.21 Å². The van der Waals surface area contributed by atoms with Crippen molar-refractivity contribution in [1.29, 1.82) is 0 Å². The van der Waals surface area contributed by atoms with Gasteiger partial charge in [0.1, 0.15) is 7.11 Å². The van der Waals surface area contributed by atoms with E-state index in [-0.39, 0.29) is 0 Å². The number of aryl methyl sites for hydroxylation is 2. The molecule has 0 aromatic heterocycles. The molecular weight excluding hydrogens is 150 g/mol. The van der Waals surface area contributed by atoms with Crippen LogP contribution in [0.5, 0.6) is 0 Å². The average molecular weight is 163 g/mol. The number of benzene rings is 1. The Morgan fingerprint density at radius 1 is 1.25 bits per heavy atom.